The number of carbonyl (C=O) groups is 1. The van der Waals surface area contributed by atoms with Gasteiger partial charge in [-0.05, 0) is 37.1 Å². The smallest absolute Gasteiger partial charge is 0.271 e. The molecule has 0 bridgehead atoms. The van der Waals surface area contributed by atoms with Crippen molar-refractivity contribution in [1.29, 1.82) is 0 Å². The first-order chi connectivity index (χ1) is 14.1. The van der Waals surface area contributed by atoms with Gasteiger partial charge in [-0.1, -0.05) is 12.1 Å². The van der Waals surface area contributed by atoms with E-state index in [0.717, 1.165) is 22.2 Å². The van der Waals surface area contributed by atoms with Crippen LogP contribution in [0.3, 0.4) is 0 Å². The molecule has 0 aromatic heterocycles. The molecule has 3 rings (SSSR count). The first kappa shape index (κ1) is 21.4. The summed E-state index contributed by atoms with van der Waals surface area (Å²) in [5.74, 6) is 0.631. The van der Waals surface area contributed by atoms with Crippen LogP contribution >= 0.6 is 0 Å². The summed E-state index contributed by atoms with van der Waals surface area (Å²) in [6, 6.07) is 7.96. The van der Waals surface area contributed by atoms with Gasteiger partial charge >= 0.3 is 0 Å². The highest BCUT2D eigenvalue weighted by Gasteiger charge is 2.31. The third kappa shape index (κ3) is 4.46. The number of aryl methyl sites for hydroxylation is 1. The fraction of sp³-hybridized carbons (Fsp3) is 0.316. The van der Waals surface area contributed by atoms with Gasteiger partial charge in [-0.2, -0.15) is 0 Å². The van der Waals surface area contributed by atoms with Crippen molar-refractivity contribution in [3.05, 3.63) is 57.6 Å². The highest BCUT2D eigenvalue weighted by molar-refractivity contribution is 7.92. The fourth-order valence-electron chi connectivity index (χ4n) is 3.12. The van der Waals surface area contributed by atoms with Gasteiger partial charge in [0, 0.05) is 18.7 Å². The number of nitrogens with one attached hydrogen (secondary N) is 1. The van der Waals surface area contributed by atoms with Crippen molar-refractivity contribution in [2.24, 2.45) is 0 Å². The summed E-state index contributed by atoms with van der Waals surface area (Å²) in [6.45, 7) is 3.32. The second-order valence-corrected chi connectivity index (χ2v) is 8.73. The number of sulfonamides is 1. The van der Waals surface area contributed by atoms with Crippen molar-refractivity contribution in [2.45, 2.75) is 26.4 Å². The maximum atomic E-state index is 12.7. The van der Waals surface area contributed by atoms with Crippen LogP contribution in [0.2, 0.25) is 0 Å². The molecule has 1 amide bonds. The molecule has 1 aliphatic heterocycles. The number of non-ortho nitro benzene ring substituents is 1. The molecule has 0 saturated carbocycles. The minimum atomic E-state index is -3.90. The van der Waals surface area contributed by atoms with Crippen molar-refractivity contribution in [3.63, 3.8) is 0 Å². The Morgan fingerprint density at radius 2 is 1.93 bits per heavy atom. The molecule has 1 atom stereocenters. The van der Waals surface area contributed by atoms with Crippen LogP contribution in [0.25, 0.3) is 0 Å². The lowest BCUT2D eigenvalue weighted by Gasteiger charge is -2.29. The van der Waals surface area contributed by atoms with Gasteiger partial charge in [-0.25, -0.2) is 8.42 Å². The molecule has 30 heavy (non-hydrogen) atoms. The number of carbonyl (C=O) groups excluding carboxylic acids is 1. The first-order valence-corrected chi connectivity index (χ1v) is 10.8. The summed E-state index contributed by atoms with van der Waals surface area (Å²) in [5, 5.41) is 13.8. The van der Waals surface area contributed by atoms with Crippen LogP contribution in [-0.4, -0.2) is 38.3 Å². The number of rotatable bonds is 7. The van der Waals surface area contributed by atoms with E-state index in [4.69, 9.17) is 9.47 Å². The minimum absolute atomic E-state index is 0.0810. The molecule has 0 fully saturated rings. The summed E-state index contributed by atoms with van der Waals surface area (Å²) in [4.78, 5) is 23.2. The summed E-state index contributed by atoms with van der Waals surface area (Å²) < 4.78 is 36.4. The van der Waals surface area contributed by atoms with Crippen LogP contribution in [-0.2, 0) is 21.4 Å². The predicted molar refractivity (Wildman–Crippen MR) is 109 cm³/mol. The molecule has 0 spiro atoms. The van der Waals surface area contributed by atoms with E-state index < -0.39 is 26.9 Å². The van der Waals surface area contributed by atoms with Crippen LogP contribution in [0.5, 0.6) is 11.5 Å². The lowest BCUT2D eigenvalue weighted by Crippen LogP contribution is -2.48. The monoisotopic (exact) mass is 435 g/mol. The Labute approximate surface area is 173 Å². The average Bonchev–Trinajstić information content (AvgIpc) is 3.14. The Morgan fingerprint density at radius 1 is 1.23 bits per heavy atom. The van der Waals surface area contributed by atoms with Crippen molar-refractivity contribution in [2.75, 3.05) is 17.4 Å². The van der Waals surface area contributed by atoms with Crippen molar-refractivity contribution in [1.82, 2.24) is 5.32 Å². The zero-order valence-electron chi connectivity index (χ0n) is 16.6. The van der Waals surface area contributed by atoms with Crippen molar-refractivity contribution >= 4 is 27.3 Å². The highest BCUT2D eigenvalue weighted by Crippen LogP contribution is 2.32. The second-order valence-electron chi connectivity index (χ2n) is 6.87. The molecule has 2 aromatic carbocycles. The number of nitro benzene ring substituents is 1. The summed E-state index contributed by atoms with van der Waals surface area (Å²) >= 11 is 0. The molecule has 1 aliphatic rings. The molecule has 1 heterocycles. The van der Waals surface area contributed by atoms with Gasteiger partial charge in [0.05, 0.1) is 16.9 Å². The number of nitro groups is 1. The Bertz CT molecular complexity index is 1100. The van der Waals surface area contributed by atoms with Crippen LogP contribution in [0.1, 0.15) is 18.1 Å². The van der Waals surface area contributed by atoms with E-state index in [1.165, 1.54) is 19.1 Å². The van der Waals surface area contributed by atoms with Crippen molar-refractivity contribution < 1.29 is 27.6 Å². The average molecular weight is 435 g/mol. The number of ether oxygens (including phenoxy) is 2. The normalized spacial score (nSPS) is 13.6. The molecule has 11 heteroatoms. The number of amides is 1. The van der Waals surface area contributed by atoms with Gasteiger partial charge in [0.25, 0.3) is 5.69 Å². The highest BCUT2D eigenvalue weighted by atomic mass is 32.2. The zero-order valence-corrected chi connectivity index (χ0v) is 17.4. The van der Waals surface area contributed by atoms with Crippen LogP contribution < -0.4 is 19.1 Å². The number of anilines is 1. The van der Waals surface area contributed by atoms with Gasteiger partial charge in [-0.3, -0.25) is 19.2 Å². The van der Waals surface area contributed by atoms with Gasteiger partial charge in [0.2, 0.25) is 22.7 Å². The minimum Gasteiger partial charge on any atom is -0.454 e. The van der Waals surface area contributed by atoms with E-state index >= 15 is 0 Å². The third-order valence-corrected chi connectivity index (χ3v) is 5.86. The number of fused-ring (bicyclic) bond motifs is 1. The van der Waals surface area contributed by atoms with Gasteiger partial charge in [0.1, 0.15) is 6.04 Å². The lowest BCUT2D eigenvalue weighted by molar-refractivity contribution is -0.384. The summed E-state index contributed by atoms with van der Waals surface area (Å²) in [7, 11) is -3.90. The first-order valence-electron chi connectivity index (χ1n) is 8.98. The largest absolute Gasteiger partial charge is 0.454 e. The van der Waals surface area contributed by atoms with Crippen LogP contribution in [0.4, 0.5) is 11.4 Å². The van der Waals surface area contributed by atoms with Crippen LogP contribution in [0.15, 0.2) is 36.4 Å². The predicted octanol–water partition coefficient (Wildman–Crippen LogP) is 2.10. The van der Waals surface area contributed by atoms with E-state index in [1.54, 1.807) is 25.1 Å². The van der Waals surface area contributed by atoms with Gasteiger partial charge in [0.15, 0.2) is 11.5 Å². The molecule has 160 valence electrons. The van der Waals surface area contributed by atoms with E-state index in [0.29, 0.717) is 17.1 Å². The van der Waals surface area contributed by atoms with E-state index in [1.807, 2.05) is 0 Å². The maximum Gasteiger partial charge on any atom is 0.271 e. The Kier molecular flexibility index (Phi) is 5.83. The Balaban J connectivity index is 1.82. The molecule has 0 saturated heterocycles. The van der Waals surface area contributed by atoms with Gasteiger partial charge < -0.3 is 14.8 Å². The molecular formula is C19H21N3O7S. The molecule has 0 radical (unpaired) electrons. The molecule has 10 nitrogen and oxygen atoms in total. The van der Waals surface area contributed by atoms with E-state index in [2.05, 4.69) is 5.32 Å². The molecule has 1 unspecified atom stereocenters. The SMILES string of the molecule is Cc1ccc([N+](=O)[O-])cc1N(C(C)C(=O)NCc1ccc2c(c1)OCO2)S(C)(=O)=O. The summed E-state index contributed by atoms with van der Waals surface area (Å²) in [6.07, 6.45) is 0.951. The molecule has 0 aliphatic carbocycles. The third-order valence-electron chi connectivity index (χ3n) is 4.63. The van der Waals surface area contributed by atoms with Crippen molar-refractivity contribution in [3.8, 4) is 11.5 Å². The number of benzene rings is 2. The second kappa shape index (κ2) is 8.19. The van der Waals surface area contributed by atoms with E-state index in [9.17, 15) is 23.3 Å². The van der Waals surface area contributed by atoms with Gasteiger partial charge in [-0.15, -0.1) is 0 Å². The number of hydrogen-bond acceptors (Lipinski definition) is 7. The Hall–Kier alpha value is -3.34. The topological polar surface area (TPSA) is 128 Å². The standard InChI is InChI=1S/C19H21N3O7S/c1-12-4-6-15(22(24)25)9-16(12)21(30(3,26)27)13(2)19(23)20-10-14-5-7-17-18(8-14)29-11-28-17/h4-9,13H,10-11H2,1-3H3,(H,20,23). The molecule has 1 N–H and O–H groups in total. The zero-order chi connectivity index (χ0) is 22.1. The van der Waals surface area contributed by atoms with Crippen LogP contribution in [0, 0.1) is 17.0 Å². The Morgan fingerprint density at radius 3 is 2.60 bits per heavy atom. The quantitative estimate of drug-likeness (QED) is 0.521. The maximum absolute atomic E-state index is 12.7. The summed E-state index contributed by atoms with van der Waals surface area (Å²) in [5.41, 5.74) is 1.05. The molecular weight excluding hydrogens is 414 g/mol. The number of hydrogen-bond donors (Lipinski definition) is 1. The van der Waals surface area contributed by atoms with E-state index in [-0.39, 0.29) is 24.7 Å². The number of nitrogens with zero attached hydrogens (tertiary/aromatic N) is 2. The lowest BCUT2D eigenvalue weighted by atomic mass is 10.1. The fourth-order valence-corrected chi connectivity index (χ4v) is 4.34. The molecule has 2 aromatic rings.